The van der Waals surface area contributed by atoms with Gasteiger partial charge in [-0.25, -0.2) is 0 Å². The molecule has 0 radical (unpaired) electrons. The van der Waals surface area contributed by atoms with Crippen molar-refractivity contribution in [2.24, 2.45) is 0 Å². The van der Waals surface area contributed by atoms with E-state index in [9.17, 15) is 9.59 Å². The van der Waals surface area contributed by atoms with Gasteiger partial charge in [0.15, 0.2) is 0 Å². The lowest BCUT2D eigenvalue weighted by molar-refractivity contribution is -0.135. The van der Waals surface area contributed by atoms with Crippen molar-refractivity contribution in [3.05, 3.63) is 24.3 Å². The van der Waals surface area contributed by atoms with Crippen molar-refractivity contribution in [1.29, 1.82) is 0 Å². The standard InChI is InChI=1S/C18H26N4O2/c1-3-21(4-2)13-16(23)22-11-9-18(10-12-22)17(24)19-14-7-5-6-8-15(14)20-18/h5-8,20H,3-4,9-13H2,1-2H3,(H,19,24). The van der Waals surface area contributed by atoms with Crippen LogP contribution in [0.4, 0.5) is 11.4 Å². The van der Waals surface area contributed by atoms with Crippen LogP contribution in [0.5, 0.6) is 0 Å². The number of nitrogens with one attached hydrogen (secondary N) is 2. The summed E-state index contributed by atoms with van der Waals surface area (Å²) in [6, 6.07) is 7.75. The molecule has 2 heterocycles. The molecule has 6 nitrogen and oxygen atoms in total. The maximum absolute atomic E-state index is 12.6. The summed E-state index contributed by atoms with van der Waals surface area (Å²) >= 11 is 0. The number of piperidine rings is 1. The molecule has 3 rings (SSSR count). The van der Waals surface area contributed by atoms with Gasteiger partial charge < -0.3 is 15.5 Å². The third-order valence-corrected chi connectivity index (χ3v) is 5.21. The van der Waals surface area contributed by atoms with Gasteiger partial charge in [-0.15, -0.1) is 0 Å². The first kappa shape index (κ1) is 16.8. The Morgan fingerprint density at radius 3 is 2.42 bits per heavy atom. The van der Waals surface area contributed by atoms with Crippen LogP contribution in [-0.2, 0) is 9.59 Å². The SMILES string of the molecule is CCN(CC)CC(=O)N1CCC2(CC1)Nc1ccccc1NC2=O. The maximum Gasteiger partial charge on any atom is 0.250 e. The van der Waals surface area contributed by atoms with Gasteiger partial charge in [-0.3, -0.25) is 14.5 Å². The van der Waals surface area contributed by atoms with E-state index < -0.39 is 5.54 Å². The van der Waals surface area contributed by atoms with Gasteiger partial charge in [-0.05, 0) is 38.1 Å². The van der Waals surface area contributed by atoms with Crippen LogP contribution in [0.25, 0.3) is 0 Å². The van der Waals surface area contributed by atoms with Gasteiger partial charge in [0, 0.05) is 13.1 Å². The summed E-state index contributed by atoms with van der Waals surface area (Å²) in [5, 5.41) is 6.43. The second-order valence-corrected chi connectivity index (χ2v) is 6.55. The third-order valence-electron chi connectivity index (χ3n) is 5.21. The molecule has 0 bridgehead atoms. The highest BCUT2D eigenvalue weighted by molar-refractivity contribution is 6.06. The summed E-state index contributed by atoms with van der Waals surface area (Å²) in [6.07, 6.45) is 1.27. The Kier molecular flexibility index (Phi) is 4.76. The van der Waals surface area contributed by atoms with Crippen molar-refractivity contribution in [1.82, 2.24) is 9.80 Å². The van der Waals surface area contributed by atoms with Crippen LogP contribution in [0.15, 0.2) is 24.3 Å². The minimum Gasteiger partial charge on any atom is -0.369 e. The Balaban J connectivity index is 1.64. The summed E-state index contributed by atoms with van der Waals surface area (Å²) in [5.41, 5.74) is 1.19. The number of carbonyl (C=O) groups is 2. The average Bonchev–Trinajstić information content (AvgIpc) is 2.61. The van der Waals surface area contributed by atoms with Crippen LogP contribution in [0.3, 0.4) is 0 Å². The van der Waals surface area contributed by atoms with Gasteiger partial charge >= 0.3 is 0 Å². The van der Waals surface area contributed by atoms with Gasteiger partial charge in [0.1, 0.15) is 5.54 Å². The number of anilines is 2. The van der Waals surface area contributed by atoms with E-state index in [0.717, 1.165) is 24.5 Å². The Morgan fingerprint density at radius 1 is 1.17 bits per heavy atom. The molecule has 1 spiro atoms. The topological polar surface area (TPSA) is 64.7 Å². The largest absolute Gasteiger partial charge is 0.369 e. The smallest absolute Gasteiger partial charge is 0.250 e. The van der Waals surface area contributed by atoms with Crippen LogP contribution in [0.1, 0.15) is 26.7 Å². The Morgan fingerprint density at radius 2 is 1.79 bits per heavy atom. The molecule has 2 amide bonds. The van der Waals surface area contributed by atoms with E-state index in [-0.39, 0.29) is 11.8 Å². The van der Waals surface area contributed by atoms with Crippen molar-refractivity contribution in [3.8, 4) is 0 Å². The monoisotopic (exact) mass is 330 g/mol. The van der Waals surface area contributed by atoms with E-state index in [1.54, 1.807) is 0 Å². The second-order valence-electron chi connectivity index (χ2n) is 6.55. The number of likely N-dealkylation sites (N-methyl/N-ethyl adjacent to an activating group) is 1. The molecule has 6 heteroatoms. The molecular weight excluding hydrogens is 304 g/mol. The first-order valence-corrected chi connectivity index (χ1v) is 8.77. The zero-order chi connectivity index (χ0) is 17.2. The number of hydrogen-bond acceptors (Lipinski definition) is 4. The number of fused-ring (bicyclic) bond motifs is 1. The van der Waals surface area contributed by atoms with Crippen molar-refractivity contribution >= 4 is 23.2 Å². The minimum atomic E-state index is -0.597. The molecule has 24 heavy (non-hydrogen) atoms. The first-order chi connectivity index (χ1) is 11.6. The predicted octanol–water partition coefficient (Wildman–Crippen LogP) is 1.75. The lowest BCUT2D eigenvalue weighted by Gasteiger charge is -2.44. The molecular formula is C18H26N4O2. The summed E-state index contributed by atoms with van der Waals surface area (Å²) in [5.74, 6) is 0.169. The lowest BCUT2D eigenvalue weighted by atomic mass is 9.84. The van der Waals surface area contributed by atoms with Crippen molar-refractivity contribution < 1.29 is 9.59 Å². The van der Waals surface area contributed by atoms with Crippen LogP contribution in [-0.4, -0.2) is 59.9 Å². The van der Waals surface area contributed by atoms with E-state index in [4.69, 9.17) is 0 Å². The number of para-hydroxylation sites is 2. The fraction of sp³-hybridized carbons (Fsp3) is 0.556. The summed E-state index contributed by atoms with van der Waals surface area (Å²) < 4.78 is 0. The second kappa shape index (κ2) is 6.81. The first-order valence-electron chi connectivity index (χ1n) is 8.77. The quantitative estimate of drug-likeness (QED) is 0.883. The molecule has 1 fully saturated rings. The third kappa shape index (κ3) is 3.11. The minimum absolute atomic E-state index is 0.0111. The zero-order valence-corrected chi connectivity index (χ0v) is 14.5. The molecule has 2 aliphatic rings. The molecule has 0 unspecified atom stereocenters. The summed E-state index contributed by atoms with van der Waals surface area (Å²) in [7, 11) is 0. The Hall–Kier alpha value is -2.08. The Labute approximate surface area is 143 Å². The lowest BCUT2D eigenvalue weighted by Crippen LogP contribution is -2.59. The number of likely N-dealkylation sites (tertiary alicyclic amines) is 1. The van der Waals surface area contributed by atoms with Gasteiger partial charge in [-0.2, -0.15) is 0 Å². The van der Waals surface area contributed by atoms with E-state index >= 15 is 0 Å². The molecule has 0 aliphatic carbocycles. The fourth-order valence-electron chi connectivity index (χ4n) is 3.49. The highest BCUT2D eigenvalue weighted by atomic mass is 16.2. The normalized spacial score (nSPS) is 19.0. The van der Waals surface area contributed by atoms with E-state index in [0.29, 0.717) is 32.5 Å². The number of carbonyl (C=O) groups excluding carboxylic acids is 2. The molecule has 1 saturated heterocycles. The molecule has 1 aromatic carbocycles. The van der Waals surface area contributed by atoms with E-state index in [1.165, 1.54) is 0 Å². The molecule has 0 atom stereocenters. The highest BCUT2D eigenvalue weighted by Gasteiger charge is 2.44. The van der Waals surface area contributed by atoms with Crippen LogP contribution in [0.2, 0.25) is 0 Å². The number of benzene rings is 1. The van der Waals surface area contributed by atoms with E-state index in [2.05, 4.69) is 29.4 Å². The van der Waals surface area contributed by atoms with Gasteiger partial charge in [0.2, 0.25) is 11.8 Å². The molecule has 2 N–H and O–H groups in total. The number of rotatable bonds is 4. The van der Waals surface area contributed by atoms with E-state index in [1.807, 2.05) is 29.2 Å². The maximum atomic E-state index is 12.6. The highest BCUT2D eigenvalue weighted by Crippen LogP contribution is 2.36. The van der Waals surface area contributed by atoms with Gasteiger partial charge in [0.25, 0.3) is 0 Å². The van der Waals surface area contributed by atoms with Crippen molar-refractivity contribution in [2.75, 3.05) is 43.4 Å². The molecule has 130 valence electrons. The molecule has 0 aromatic heterocycles. The number of nitrogens with zero attached hydrogens (tertiary/aromatic N) is 2. The van der Waals surface area contributed by atoms with Crippen LogP contribution in [0, 0.1) is 0 Å². The van der Waals surface area contributed by atoms with Crippen molar-refractivity contribution in [3.63, 3.8) is 0 Å². The summed E-state index contributed by atoms with van der Waals surface area (Å²) in [6.45, 7) is 7.57. The molecule has 0 saturated carbocycles. The molecule has 1 aromatic rings. The van der Waals surface area contributed by atoms with Crippen LogP contribution < -0.4 is 10.6 Å². The average molecular weight is 330 g/mol. The number of amides is 2. The van der Waals surface area contributed by atoms with Gasteiger partial charge in [0.05, 0.1) is 17.9 Å². The van der Waals surface area contributed by atoms with Gasteiger partial charge in [-0.1, -0.05) is 26.0 Å². The molecule has 2 aliphatic heterocycles. The summed E-state index contributed by atoms with van der Waals surface area (Å²) in [4.78, 5) is 29.0. The Bertz CT molecular complexity index is 619. The fourth-order valence-corrected chi connectivity index (χ4v) is 3.49. The van der Waals surface area contributed by atoms with Crippen molar-refractivity contribution in [2.45, 2.75) is 32.2 Å². The predicted molar refractivity (Wildman–Crippen MR) is 95.0 cm³/mol. The van der Waals surface area contributed by atoms with Crippen LogP contribution >= 0.6 is 0 Å². The number of hydrogen-bond donors (Lipinski definition) is 2. The zero-order valence-electron chi connectivity index (χ0n) is 14.5.